The largest absolute Gasteiger partial charge is 0.465 e. The van der Waals surface area contributed by atoms with Crippen LogP contribution in [-0.2, 0) is 4.74 Å². The number of rotatable bonds is 4. The summed E-state index contributed by atoms with van der Waals surface area (Å²) in [4.78, 5) is 14.2. The molecule has 0 fully saturated rings. The number of pyridine rings is 1. The normalized spacial score (nSPS) is 8.50. The van der Waals surface area contributed by atoms with E-state index in [2.05, 4.69) is 9.72 Å². The number of methoxy groups -OCH3 is 1. The molecule has 0 unspecified atom stereocenters. The van der Waals surface area contributed by atoms with Crippen LogP contribution in [0.15, 0.2) is 18.5 Å². The number of aromatic nitrogens is 1. The maximum Gasteiger partial charge on any atom is 0.188 e. The highest BCUT2D eigenvalue weighted by Crippen LogP contribution is 2.13. The molecule has 1 aromatic rings. The highest BCUT2D eigenvalue weighted by atomic mass is 16.7. The first-order valence-corrected chi connectivity index (χ1v) is 4.39. The molecule has 1 rings (SSSR count). The van der Waals surface area contributed by atoms with Crippen molar-refractivity contribution in [3.63, 3.8) is 0 Å². The van der Waals surface area contributed by atoms with Gasteiger partial charge in [0.1, 0.15) is 0 Å². The molecule has 0 spiro atoms. The molecule has 0 amide bonds. The minimum absolute atomic E-state index is 0.118. The van der Waals surface area contributed by atoms with Gasteiger partial charge in [0, 0.05) is 13.3 Å². The van der Waals surface area contributed by atoms with Gasteiger partial charge in [-0.3, -0.25) is 9.78 Å². The highest BCUT2D eigenvalue weighted by molar-refractivity contribution is 5.78. The van der Waals surface area contributed by atoms with Crippen LogP contribution in [-0.4, -0.2) is 25.2 Å². The van der Waals surface area contributed by atoms with Crippen molar-refractivity contribution in [3.8, 4) is 5.75 Å². The van der Waals surface area contributed by atoms with Gasteiger partial charge in [-0.1, -0.05) is 13.8 Å². The van der Waals surface area contributed by atoms with E-state index in [1.165, 1.54) is 19.5 Å². The molecule has 14 heavy (non-hydrogen) atoms. The molecular formula is C10H15NO3. The Morgan fingerprint density at radius 3 is 2.79 bits per heavy atom. The van der Waals surface area contributed by atoms with Crippen molar-refractivity contribution in [2.45, 2.75) is 13.8 Å². The first-order valence-electron chi connectivity index (χ1n) is 4.39. The van der Waals surface area contributed by atoms with Crippen LogP contribution in [0.3, 0.4) is 0 Å². The van der Waals surface area contributed by atoms with Crippen molar-refractivity contribution < 1.29 is 14.3 Å². The van der Waals surface area contributed by atoms with Crippen LogP contribution in [0.2, 0.25) is 0 Å². The third kappa shape index (κ3) is 4.00. The molecule has 0 saturated carbocycles. The zero-order chi connectivity index (χ0) is 10.8. The molecule has 4 nitrogen and oxygen atoms in total. The van der Waals surface area contributed by atoms with E-state index < -0.39 is 0 Å². The Bertz CT molecular complexity index is 263. The lowest BCUT2D eigenvalue weighted by atomic mass is 10.3. The maximum absolute atomic E-state index is 10.4. The maximum atomic E-state index is 10.4. The van der Waals surface area contributed by atoms with Gasteiger partial charge in [-0.25, -0.2) is 0 Å². The summed E-state index contributed by atoms with van der Waals surface area (Å²) in [7, 11) is 1.51. The number of hydrogen-bond acceptors (Lipinski definition) is 4. The first kappa shape index (κ1) is 12.6. The fourth-order valence-electron chi connectivity index (χ4n) is 0.731. The van der Waals surface area contributed by atoms with Crippen molar-refractivity contribution in [1.82, 2.24) is 4.98 Å². The van der Waals surface area contributed by atoms with Gasteiger partial charge in [0.05, 0.1) is 11.8 Å². The van der Waals surface area contributed by atoms with E-state index in [0.717, 1.165) is 0 Å². The van der Waals surface area contributed by atoms with Gasteiger partial charge in [-0.05, 0) is 6.07 Å². The van der Waals surface area contributed by atoms with E-state index in [0.29, 0.717) is 17.6 Å². The van der Waals surface area contributed by atoms with Crippen molar-refractivity contribution in [2.75, 3.05) is 13.9 Å². The molecule has 0 aromatic carbocycles. The number of carbonyl (C=O) groups is 1. The van der Waals surface area contributed by atoms with E-state index in [1.807, 2.05) is 13.8 Å². The van der Waals surface area contributed by atoms with Gasteiger partial charge >= 0.3 is 0 Å². The van der Waals surface area contributed by atoms with E-state index >= 15 is 0 Å². The van der Waals surface area contributed by atoms with Crippen LogP contribution in [0.5, 0.6) is 5.75 Å². The molecule has 0 N–H and O–H groups in total. The Morgan fingerprint density at radius 1 is 1.50 bits per heavy atom. The van der Waals surface area contributed by atoms with Crippen LogP contribution >= 0.6 is 0 Å². The Labute approximate surface area is 83.9 Å². The zero-order valence-corrected chi connectivity index (χ0v) is 8.69. The van der Waals surface area contributed by atoms with Gasteiger partial charge < -0.3 is 9.47 Å². The number of aldehydes is 1. The summed E-state index contributed by atoms with van der Waals surface area (Å²) in [6.45, 7) is 4.12. The lowest BCUT2D eigenvalue weighted by Gasteiger charge is -2.04. The number of ether oxygens (including phenoxy) is 2. The number of hydrogen-bond donors (Lipinski definition) is 0. The van der Waals surface area contributed by atoms with Gasteiger partial charge in [0.2, 0.25) is 0 Å². The number of carbonyl (C=O) groups excluding carboxylic acids is 1. The quantitative estimate of drug-likeness (QED) is 0.546. The SMILES string of the molecule is CC.COCOc1cnccc1C=O. The van der Waals surface area contributed by atoms with Crippen LogP contribution in [0.4, 0.5) is 0 Å². The van der Waals surface area contributed by atoms with Gasteiger partial charge in [-0.2, -0.15) is 0 Å². The molecule has 0 aliphatic rings. The van der Waals surface area contributed by atoms with Crippen molar-refractivity contribution in [2.24, 2.45) is 0 Å². The Hall–Kier alpha value is -1.42. The molecule has 78 valence electrons. The Morgan fingerprint density at radius 2 is 2.21 bits per heavy atom. The third-order valence-electron chi connectivity index (χ3n) is 1.28. The summed E-state index contributed by atoms with van der Waals surface area (Å²) in [5.74, 6) is 0.439. The summed E-state index contributed by atoms with van der Waals surface area (Å²) in [5.41, 5.74) is 0.474. The average molecular weight is 197 g/mol. The summed E-state index contributed by atoms with van der Waals surface area (Å²) >= 11 is 0. The lowest BCUT2D eigenvalue weighted by molar-refractivity contribution is 0.0503. The van der Waals surface area contributed by atoms with Crippen molar-refractivity contribution >= 4 is 6.29 Å². The highest BCUT2D eigenvalue weighted by Gasteiger charge is 2.00. The molecule has 0 radical (unpaired) electrons. The van der Waals surface area contributed by atoms with E-state index in [9.17, 15) is 4.79 Å². The van der Waals surface area contributed by atoms with Crippen molar-refractivity contribution in [1.29, 1.82) is 0 Å². The van der Waals surface area contributed by atoms with Gasteiger partial charge in [-0.15, -0.1) is 0 Å². The summed E-state index contributed by atoms with van der Waals surface area (Å²) < 4.78 is 9.74. The van der Waals surface area contributed by atoms with E-state index in [1.54, 1.807) is 6.07 Å². The van der Waals surface area contributed by atoms with Gasteiger partial charge in [0.15, 0.2) is 18.8 Å². The number of nitrogens with zero attached hydrogens (tertiary/aromatic N) is 1. The molecule has 0 bridgehead atoms. The lowest BCUT2D eigenvalue weighted by Crippen LogP contribution is -2.01. The topological polar surface area (TPSA) is 48.4 Å². The van der Waals surface area contributed by atoms with Crippen LogP contribution in [0.1, 0.15) is 24.2 Å². The smallest absolute Gasteiger partial charge is 0.188 e. The molecule has 1 aromatic heterocycles. The predicted molar refractivity (Wildman–Crippen MR) is 53.5 cm³/mol. The van der Waals surface area contributed by atoms with Crippen molar-refractivity contribution in [3.05, 3.63) is 24.0 Å². The minimum Gasteiger partial charge on any atom is -0.465 e. The Kier molecular flexibility index (Phi) is 7.36. The van der Waals surface area contributed by atoms with E-state index in [-0.39, 0.29) is 6.79 Å². The van der Waals surface area contributed by atoms with Crippen LogP contribution in [0.25, 0.3) is 0 Å². The monoisotopic (exact) mass is 197 g/mol. The molecule has 0 aliphatic heterocycles. The molecule has 0 saturated heterocycles. The second-order valence-corrected chi connectivity index (χ2v) is 2.08. The van der Waals surface area contributed by atoms with Crippen LogP contribution < -0.4 is 4.74 Å². The fourth-order valence-corrected chi connectivity index (χ4v) is 0.731. The first-order chi connectivity index (χ1) is 6.88. The predicted octanol–water partition coefficient (Wildman–Crippen LogP) is 1.90. The minimum atomic E-state index is 0.118. The fraction of sp³-hybridized carbons (Fsp3) is 0.400. The summed E-state index contributed by atoms with van der Waals surface area (Å²) in [5, 5.41) is 0. The zero-order valence-electron chi connectivity index (χ0n) is 8.69. The second-order valence-electron chi connectivity index (χ2n) is 2.08. The summed E-state index contributed by atoms with van der Waals surface area (Å²) in [6.07, 6.45) is 3.72. The molecule has 1 heterocycles. The third-order valence-corrected chi connectivity index (χ3v) is 1.28. The standard InChI is InChI=1S/C8H9NO3.C2H6/c1-11-6-12-8-4-9-3-2-7(8)5-10;1-2/h2-5H,6H2,1H3;1-2H3. The van der Waals surface area contributed by atoms with E-state index in [4.69, 9.17) is 4.74 Å². The molecule has 0 atom stereocenters. The Balaban J connectivity index is 0.000000791. The molecular weight excluding hydrogens is 182 g/mol. The molecule has 4 heteroatoms. The average Bonchev–Trinajstić information content (AvgIpc) is 2.29. The summed E-state index contributed by atoms with van der Waals surface area (Å²) in [6, 6.07) is 1.58. The second kappa shape index (κ2) is 8.19. The molecule has 0 aliphatic carbocycles. The van der Waals surface area contributed by atoms with Crippen LogP contribution in [0, 0.1) is 0 Å². The van der Waals surface area contributed by atoms with Gasteiger partial charge in [0.25, 0.3) is 0 Å².